The number of H-pyrrole nitrogens is 1. The van der Waals surface area contributed by atoms with Crippen molar-refractivity contribution in [3.05, 3.63) is 18.2 Å². The van der Waals surface area contributed by atoms with E-state index in [1.165, 1.54) is 11.8 Å². The number of rotatable bonds is 4. The first-order chi connectivity index (χ1) is 10.8. The van der Waals surface area contributed by atoms with Crippen molar-refractivity contribution >= 4 is 34.7 Å². The smallest absolute Gasteiger partial charge is 0.321 e. The molecule has 2 rings (SSSR count). The molecule has 0 bridgehead atoms. The number of ether oxygens (including phenoxy) is 1. The van der Waals surface area contributed by atoms with Gasteiger partial charge in [0, 0.05) is 11.6 Å². The quantitative estimate of drug-likeness (QED) is 0.745. The Labute approximate surface area is 138 Å². The molecule has 0 saturated heterocycles. The third kappa shape index (κ3) is 5.17. The Balaban J connectivity index is 1.90. The third-order valence-corrected chi connectivity index (χ3v) is 3.62. The van der Waals surface area contributed by atoms with Crippen LogP contribution in [0.5, 0.6) is 5.75 Å². The van der Waals surface area contributed by atoms with Crippen LogP contribution in [0.15, 0.2) is 23.4 Å². The molecule has 0 unspecified atom stereocenters. The number of imide groups is 1. The van der Waals surface area contributed by atoms with Crippen molar-refractivity contribution in [3.63, 3.8) is 0 Å². The van der Waals surface area contributed by atoms with Crippen LogP contribution >= 0.6 is 11.8 Å². The Kier molecular flexibility index (Phi) is 5.15. The SMILES string of the molecule is COc1ccc2nc(SCC(=O)NC(=O)NC(C)(C)C)[nH]c2c1. The molecule has 3 N–H and O–H groups in total. The minimum atomic E-state index is -0.502. The standard InChI is InChI=1S/C15H20N4O3S/c1-15(2,3)19-13(21)18-12(20)8-23-14-16-10-6-5-9(22-4)7-11(10)17-14/h5-7H,8H2,1-4H3,(H,16,17)(H2,18,19,20,21). The van der Waals surface area contributed by atoms with E-state index >= 15 is 0 Å². The van der Waals surface area contributed by atoms with Gasteiger partial charge in [-0.1, -0.05) is 11.8 Å². The number of fused-ring (bicyclic) bond motifs is 1. The fraction of sp³-hybridized carbons (Fsp3) is 0.400. The number of thioether (sulfide) groups is 1. The predicted octanol–water partition coefficient (Wildman–Crippen LogP) is 2.29. The molecule has 2 aromatic rings. The summed E-state index contributed by atoms with van der Waals surface area (Å²) in [6.45, 7) is 5.53. The van der Waals surface area contributed by atoms with Gasteiger partial charge in [0.05, 0.1) is 23.9 Å². The molecule has 0 spiro atoms. The number of hydrogen-bond acceptors (Lipinski definition) is 5. The van der Waals surface area contributed by atoms with Crippen LogP contribution in [-0.2, 0) is 4.79 Å². The summed E-state index contributed by atoms with van der Waals surface area (Å²) in [6.07, 6.45) is 0. The average Bonchev–Trinajstić information content (AvgIpc) is 2.84. The number of benzene rings is 1. The van der Waals surface area contributed by atoms with E-state index in [4.69, 9.17) is 4.74 Å². The summed E-state index contributed by atoms with van der Waals surface area (Å²) in [7, 11) is 1.60. The van der Waals surface area contributed by atoms with E-state index < -0.39 is 11.6 Å². The van der Waals surface area contributed by atoms with Crippen LogP contribution < -0.4 is 15.4 Å². The van der Waals surface area contributed by atoms with Crippen molar-refractivity contribution in [1.82, 2.24) is 20.6 Å². The summed E-state index contributed by atoms with van der Waals surface area (Å²) in [5, 5.41) is 5.56. The third-order valence-electron chi connectivity index (χ3n) is 2.75. The van der Waals surface area contributed by atoms with E-state index in [2.05, 4.69) is 20.6 Å². The Bertz CT molecular complexity index is 721. The Morgan fingerprint density at radius 1 is 1.35 bits per heavy atom. The van der Waals surface area contributed by atoms with Crippen LogP contribution in [0, 0.1) is 0 Å². The molecule has 8 heteroatoms. The van der Waals surface area contributed by atoms with Crippen molar-refractivity contribution < 1.29 is 14.3 Å². The zero-order chi connectivity index (χ0) is 17.0. The first-order valence-corrected chi connectivity index (χ1v) is 8.04. The van der Waals surface area contributed by atoms with Crippen LogP contribution in [0.25, 0.3) is 11.0 Å². The second-order valence-corrected chi connectivity index (χ2v) is 6.93. The Morgan fingerprint density at radius 3 is 2.74 bits per heavy atom. The van der Waals surface area contributed by atoms with Gasteiger partial charge in [0.2, 0.25) is 5.91 Å². The zero-order valence-electron chi connectivity index (χ0n) is 13.5. The maximum Gasteiger partial charge on any atom is 0.321 e. The number of urea groups is 1. The van der Waals surface area contributed by atoms with Crippen LogP contribution in [-0.4, -0.2) is 40.3 Å². The maximum absolute atomic E-state index is 11.8. The molecular formula is C15H20N4O3S. The van der Waals surface area contributed by atoms with E-state index in [-0.39, 0.29) is 11.7 Å². The normalized spacial score (nSPS) is 11.3. The summed E-state index contributed by atoms with van der Waals surface area (Å²) < 4.78 is 5.15. The molecule has 0 saturated carbocycles. The van der Waals surface area contributed by atoms with Gasteiger partial charge in [-0.05, 0) is 32.9 Å². The lowest BCUT2D eigenvalue weighted by atomic mass is 10.1. The van der Waals surface area contributed by atoms with E-state index in [9.17, 15) is 9.59 Å². The highest BCUT2D eigenvalue weighted by Crippen LogP contribution is 2.22. The number of nitrogens with zero attached hydrogens (tertiary/aromatic N) is 1. The molecule has 0 aliphatic heterocycles. The van der Waals surface area contributed by atoms with Crippen molar-refractivity contribution in [2.45, 2.75) is 31.5 Å². The van der Waals surface area contributed by atoms with Crippen LogP contribution in [0.3, 0.4) is 0 Å². The number of methoxy groups -OCH3 is 1. The number of amides is 3. The second-order valence-electron chi connectivity index (χ2n) is 5.97. The fourth-order valence-corrected chi connectivity index (χ4v) is 2.51. The van der Waals surface area contributed by atoms with Gasteiger partial charge in [0.25, 0.3) is 0 Å². The molecule has 1 aromatic heterocycles. The molecule has 1 aromatic carbocycles. The minimum Gasteiger partial charge on any atom is -0.497 e. The maximum atomic E-state index is 11.8. The number of aromatic nitrogens is 2. The summed E-state index contributed by atoms with van der Waals surface area (Å²) in [4.78, 5) is 30.9. The molecule has 23 heavy (non-hydrogen) atoms. The number of carbonyl (C=O) groups is 2. The van der Waals surface area contributed by atoms with Gasteiger partial charge in [-0.3, -0.25) is 10.1 Å². The van der Waals surface area contributed by atoms with E-state index in [1.54, 1.807) is 7.11 Å². The Morgan fingerprint density at radius 2 is 2.09 bits per heavy atom. The number of nitrogens with one attached hydrogen (secondary N) is 3. The van der Waals surface area contributed by atoms with Gasteiger partial charge >= 0.3 is 6.03 Å². The van der Waals surface area contributed by atoms with Crippen molar-refractivity contribution in [2.75, 3.05) is 12.9 Å². The number of aromatic amines is 1. The van der Waals surface area contributed by atoms with Crippen molar-refractivity contribution in [3.8, 4) is 5.75 Å². The summed E-state index contributed by atoms with van der Waals surface area (Å²) in [5.74, 6) is 0.443. The number of imidazole rings is 1. The van der Waals surface area contributed by atoms with Crippen molar-refractivity contribution in [2.24, 2.45) is 0 Å². The molecule has 0 radical (unpaired) electrons. The van der Waals surface area contributed by atoms with Crippen LogP contribution in [0.4, 0.5) is 4.79 Å². The average molecular weight is 336 g/mol. The molecular weight excluding hydrogens is 316 g/mol. The highest BCUT2D eigenvalue weighted by molar-refractivity contribution is 7.99. The summed E-state index contributed by atoms with van der Waals surface area (Å²) in [6, 6.07) is 4.99. The number of hydrogen-bond donors (Lipinski definition) is 3. The van der Waals surface area contributed by atoms with Gasteiger partial charge in [-0.2, -0.15) is 0 Å². The largest absolute Gasteiger partial charge is 0.497 e. The second kappa shape index (κ2) is 6.91. The van der Waals surface area contributed by atoms with Crippen LogP contribution in [0.2, 0.25) is 0 Å². The molecule has 1 heterocycles. The first kappa shape index (κ1) is 17.1. The highest BCUT2D eigenvalue weighted by atomic mass is 32.2. The van der Waals surface area contributed by atoms with E-state index in [0.717, 1.165) is 16.8 Å². The first-order valence-electron chi connectivity index (χ1n) is 7.05. The van der Waals surface area contributed by atoms with Gasteiger partial charge in [-0.25, -0.2) is 9.78 Å². The molecule has 0 aliphatic rings. The van der Waals surface area contributed by atoms with Gasteiger partial charge in [0.1, 0.15) is 5.75 Å². The highest BCUT2D eigenvalue weighted by Gasteiger charge is 2.16. The van der Waals surface area contributed by atoms with Crippen molar-refractivity contribution in [1.29, 1.82) is 0 Å². The molecule has 7 nitrogen and oxygen atoms in total. The summed E-state index contributed by atoms with van der Waals surface area (Å²) in [5.41, 5.74) is 1.23. The lowest BCUT2D eigenvalue weighted by Crippen LogP contribution is -2.48. The monoisotopic (exact) mass is 336 g/mol. The van der Waals surface area contributed by atoms with Gasteiger partial charge in [0.15, 0.2) is 5.16 Å². The predicted molar refractivity (Wildman–Crippen MR) is 89.8 cm³/mol. The molecule has 0 aliphatic carbocycles. The van der Waals surface area contributed by atoms with E-state index in [1.807, 2.05) is 39.0 Å². The zero-order valence-corrected chi connectivity index (χ0v) is 14.3. The molecule has 124 valence electrons. The molecule has 3 amide bonds. The fourth-order valence-electron chi connectivity index (χ4n) is 1.83. The van der Waals surface area contributed by atoms with Gasteiger partial charge in [-0.15, -0.1) is 0 Å². The minimum absolute atomic E-state index is 0.0918. The number of carbonyl (C=O) groups excluding carboxylic acids is 2. The van der Waals surface area contributed by atoms with Crippen LogP contribution in [0.1, 0.15) is 20.8 Å². The Hall–Kier alpha value is -2.22. The molecule has 0 fully saturated rings. The lowest BCUT2D eigenvalue weighted by Gasteiger charge is -2.20. The topological polar surface area (TPSA) is 96.1 Å². The van der Waals surface area contributed by atoms with E-state index in [0.29, 0.717) is 5.16 Å². The lowest BCUT2D eigenvalue weighted by molar-refractivity contribution is -0.117. The van der Waals surface area contributed by atoms with Gasteiger partial charge < -0.3 is 15.0 Å². The summed E-state index contributed by atoms with van der Waals surface area (Å²) >= 11 is 1.23. The molecule has 0 atom stereocenters.